The van der Waals surface area contributed by atoms with E-state index in [9.17, 15) is 9.90 Å². The lowest BCUT2D eigenvalue weighted by Crippen LogP contribution is -2.18. The quantitative estimate of drug-likeness (QED) is 0.318. The number of fused-ring (bicyclic) bond motifs is 1. The first-order valence-corrected chi connectivity index (χ1v) is 11.6. The highest BCUT2D eigenvalue weighted by Crippen LogP contribution is 2.33. The van der Waals surface area contributed by atoms with Crippen molar-refractivity contribution in [3.05, 3.63) is 95.2 Å². The summed E-state index contributed by atoms with van der Waals surface area (Å²) in [5.74, 6) is 0.529. The maximum absolute atomic E-state index is 12.6. The summed E-state index contributed by atoms with van der Waals surface area (Å²) in [5, 5.41) is 10.6. The Bertz CT molecular complexity index is 1290. The topological polar surface area (TPSA) is 60.7 Å². The first kappa shape index (κ1) is 23.4. The SMILES string of the molecule is CCOC(=O)c1c(C)n(CCOc2ccc(C(C)(C)c3ccccc3)cc2)c2ccc(O)cc12. The molecule has 1 heterocycles. The van der Waals surface area contributed by atoms with Gasteiger partial charge in [0, 0.05) is 22.0 Å². The molecule has 176 valence electrons. The molecule has 1 N–H and O–H groups in total. The van der Waals surface area contributed by atoms with E-state index in [0.29, 0.717) is 30.7 Å². The summed E-state index contributed by atoms with van der Waals surface area (Å²) in [4.78, 5) is 12.6. The van der Waals surface area contributed by atoms with Crippen LogP contribution in [0.2, 0.25) is 0 Å². The van der Waals surface area contributed by atoms with Crippen LogP contribution in [-0.2, 0) is 16.7 Å². The summed E-state index contributed by atoms with van der Waals surface area (Å²) in [6.07, 6.45) is 0. The largest absolute Gasteiger partial charge is 0.508 e. The lowest BCUT2D eigenvalue weighted by Gasteiger charge is -2.26. The average Bonchev–Trinajstić information content (AvgIpc) is 3.10. The molecule has 1 aromatic heterocycles. The summed E-state index contributed by atoms with van der Waals surface area (Å²) < 4.78 is 13.3. The van der Waals surface area contributed by atoms with E-state index in [1.807, 2.05) is 35.8 Å². The number of phenolic OH excluding ortho intramolecular Hbond substituents is 1. The molecule has 0 radical (unpaired) electrons. The summed E-state index contributed by atoms with van der Waals surface area (Å²) in [6, 6.07) is 23.8. The Morgan fingerprint density at radius 1 is 0.971 bits per heavy atom. The minimum absolute atomic E-state index is 0.101. The fraction of sp³-hybridized carbons (Fsp3) is 0.276. The maximum atomic E-state index is 12.6. The van der Waals surface area contributed by atoms with Crippen molar-refractivity contribution >= 4 is 16.9 Å². The van der Waals surface area contributed by atoms with E-state index in [1.165, 1.54) is 11.1 Å². The highest BCUT2D eigenvalue weighted by Gasteiger charge is 2.23. The van der Waals surface area contributed by atoms with E-state index in [1.54, 1.807) is 19.1 Å². The third kappa shape index (κ3) is 4.51. The number of phenols is 1. The van der Waals surface area contributed by atoms with Gasteiger partial charge in [0.05, 0.1) is 18.7 Å². The van der Waals surface area contributed by atoms with Crippen LogP contribution in [0.15, 0.2) is 72.8 Å². The second kappa shape index (κ2) is 9.64. The van der Waals surface area contributed by atoms with Crippen molar-refractivity contribution in [2.45, 2.75) is 39.7 Å². The number of rotatable bonds is 8. The van der Waals surface area contributed by atoms with Crippen LogP contribution < -0.4 is 4.74 Å². The van der Waals surface area contributed by atoms with Gasteiger partial charge in [0.25, 0.3) is 0 Å². The van der Waals surface area contributed by atoms with Gasteiger partial charge in [-0.05, 0) is 55.3 Å². The number of hydrogen-bond donors (Lipinski definition) is 1. The third-order valence-corrected chi connectivity index (χ3v) is 6.44. The maximum Gasteiger partial charge on any atom is 0.340 e. The van der Waals surface area contributed by atoms with Crippen LogP contribution in [0, 0.1) is 6.92 Å². The summed E-state index contributed by atoms with van der Waals surface area (Å²) in [6.45, 7) is 9.41. The Balaban J connectivity index is 1.50. The Morgan fingerprint density at radius 2 is 1.65 bits per heavy atom. The molecule has 0 aliphatic heterocycles. The van der Waals surface area contributed by atoms with Gasteiger partial charge in [0.1, 0.15) is 18.1 Å². The molecule has 0 amide bonds. The second-order valence-electron chi connectivity index (χ2n) is 8.90. The van der Waals surface area contributed by atoms with Crippen LogP contribution >= 0.6 is 0 Å². The van der Waals surface area contributed by atoms with Gasteiger partial charge in [-0.15, -0.1) is 0 Å². The van der Waals surface area contributed by atoms with E-state index in [-0.39, 0.29) is 17.1 Å². The first-order valence-electron chi connectivity index (χ1n) is 11.6. The van der Waals surface area contributed by atoms with E-state index < -0.39 is 0 Å². The van der Waals surface area contributed by atoms with Gasteiger partial charge < -0.3 is 19.1 Å². The molecule has 0 aliphatic rings. The van der Waals surface area contributed by atoms with Crippen LogP contribution in [0.25, 0.3) is 10.9 Å². The molecule has 5 nitrogen and oxygen atoms in total. The fourth-order valence-corrected chi connectivity index (χ4v) is 4.46. The highest BCUT2D eigenvalue weighted by molar-refractivity contribution is 6.06. The van der Waals surface area contributed by atoms with Gasteiger partial charge in [-0.2, -0.15) is 0 Å². The molecule has 0 saturated carbocycles. The summed E-state index contributed by atoms with van der Waals surface area (Å²) in [7, 11) is 0. The van der Waals surface area contributed by atoms with Crippen LogP contribution in [0.5, 0.6) is 11.5 Å². The number of nitrogens with zero attached hydrogens (tertiary/aromatic N) is 1. The molecule has 0 spiro atoms. The highest BCUT2D eigenvalue weighted by atomic mass is 16.5. The Kier molecular flexibility index (Phi) is 6.64. The smallest absolute Gasteiger partial charge is 0.340 e. The molecule has 4 aromatic rings. The molecular formula is C29H31NO4. The lowest BCUT2D eigenvalue weighted by molar-refractivity contribution is 0.0527. The number of hydrogen-bond acceptors (Lipinski definition) is 4. The van der Waals surface area contributed by atoms with Gasteiger partial charge in [0.2, 0.25) is 0 Å². The van der Waals surface area contributed by atoms with Crippen molar-refractivity contribution < 1.29 is 19.4 Å². The molecule has 0 fully saturated rings. The number of aromatic hydroxyl groups is 1. The van der Waals surface area contributed by atoms with E-state index in [0.717, 1.165) is 17.0 Å². The predicted molar refractivity (Wildman–Crippen MR) is 135 cm³/mol. The zero-order chi connectivity index (χ0) is 24.3. The zero-order valence-corrected chi connectivity index (χ0v) is 20.2. The van der Waals surface area contributed by atoms with E-state index in [2.05, 4.69) is 50.2 Å². The van der Waals surface area contributed by atoms with Crippen molar-refractivity contribution in [3.8, 4) is 11.5 Å². The average molecular weight is 458 g/mol. The molecule has 0 saturated heterocycles. The normalized spacial score (nSPS) is 11.5. The molecule has 0 aliphatic carbocycles. The van der Waals surface area contributed by atoms with Gasteiger partial charge in [-0.1, -0.05) is 56.3 Å². The number of carbonyl (C=O) groups excluding carboxylic acids is 1. The Labute approximate surface area is 200 Å². The standard InChI is InChI=1S/C29H31NO4/c1-5-33-28(32)27-20(2)30(26-16-13-23(31)19-25(26)27)17-18-34-24-14-11-22(12-15-24)29(3,4)21-9-7-6-8-10-21/h6-16,19,31H,5,17-18H2,1-4H3. The summed E-state index contributed by atoms with van der Waals surface area (Å²) in [5.41, 5.74) is 4.53. The number of aromatic nitrogens is 1. The van der Waals surface area contributed by atoms with Crippen LogP contribution in [0.4, 0.5) is 0 Å². The minimum Gasteiger partial charge on any atom is -0.508 e. The molecular weight excluding hydrogens is 426 g/mol. The summed E-state index contributed by atoms with van der Waals surface area (Å²) >= 11 is 0. The van der Waals surface area contributed by atoms with Gasteiger partial charge in [-0.25, -0.2) is 4.79 Å². The van der Waals surface area contributed by atoms with Crippen LogP contribution in [0.3, 0.4) is 0 Å². The minimum atomic E-state index is -0.383. The van der Waals surface area contributed by atoms with Crippen LogP contribution in [-0.4, -0.2) is 28.9 Å². The van der Waals surface area contributed by atoms with Crippen molar-refractivity contribution in [1.82, 2.24) is 4.57 Å². The lowest BCUT2D eigenvalue weighted by atomic mass is 9.78. The van der Waals surface area contributed by atoms with Gasteiger partial charge in [0.15, 0.2) is 0 Å². The molecule has 0 bridgehead atoms. The predicted octanol–water partition coefficient (Wildman–Crippen LogP) is 6.24. The van der Waals surface area contributed by atoms with Crippen LogP contribution in [0.1, 0.15) is 48.0 Å². The molecule has 4 rings (SSSR count). The second-order valence-corrected chi connectivity index (χ2v) is 8.90. The molecule has 34 heavy (non-hydrogen) atoms. The van der Waals surface area contributed by atoms with Crippen molar-refractivity contribution in [2.75, 3.05) is 13.2 Å². The third-order valence-electron chi connectivity index (χ3n) is 6.44. The number of benzene rings is 3. The van der Waals surface area contributed by atoms with Crippen molar-refractivity contribution in [2.24, 2.45) is 0 Å². The fourth-order valence-electron chi connectivity index (χ4n) is 4.46. The number of ether oxygens (including phenoxy) is 2. The van der Waals surface area contributed by atoms with E-state index >= 15 is 0 Å². The number of carbonyl (C=O) groups is 1. The monoisotopic (exact) mass is 457 g/mol. The number of esters is 1. The molecule has 3 aromatic carbocycles. The van der Waals surface area contributed by atoms with Crippen molar-refractivity contribution in [1.29, 1.82) is 0 Å². The molecule has 0 atom stereocenters. The van der Waals surface area contributed by atoms with Crippen molar-refractivity contribution in [3.63, 3.8) is 0 Å². The van der Waals surface area contributed by atoms with Gasteiger partial charge in [-0.3, -0.25) is 0 Å². The van der Waals surface area contributed by atoms with Gasteiger partial charge >= 0.3 is 5.97 Å². The van der Waals surface area contributed by atoms with E-state index in [4.69, 9.17) is 9.47 Å². The Morgan fingerprint density at radius 3 is 2.32 bits per heavy atom. The molecule has 0 unspecified atom stereocenters. The zero-order valence-electron chi connectivity index (χ0n) is 20.2. The molecule has 5 heteroatoms. The first-order chi connectivity index (χ1) is 16.3. The Hall–Kier alpha value is -3.73.